The van der Waals surface area contributed by atoms with Crippen molar-refractivity contribution in [3.63, 3.8) is 0 Å². The predicted octanol–water partition coefficient (Wildman–Crippen LogP) is 2.67. The number of hydrogen-bond acceptors (Lipinski definition) is 5. The fourth-order valence-corrected chi connectivity index (χ4v) is 1.30. The van der Waals surface area contributed by atoms with E-state index in [1.165, 1.54) is 0 Å². The molecule has 0 saturated carbocycles. The Morgan fingerprint density at radius 3 is 2.47 bits per heavy atom. The summed E-state index contributed by atoms with van der Waals surface area (Å²) in [6.45, 7) is 8.39. The Labute approximate surface area is 109 Å². The molecule has 1 rings (SSSR count). The molecule has 17 heavy (non-hydrogen) atoms. The molecule has 0 aliphatic heterocycles. The van der Waals surface area contributed by atoms with Crippen LogP contribution in [0.25, 0.3) is 0 Å². The van der Waals surface area contributed by atoms with E-state index in [1.807, 2.05) is 6.07 Å². The third-order valence-electron chi connectivity index (χ3n) is 2.79. The third-order valence-corrected chi connectivity index (χ3v) is 3.01. The summed E-state index contributed by atoms with van der Waals surface area (Å²) in [6.07, 6.45) is 2.71. The predicted molar refractivity (Wildman–Crippen MR) is 76.9 cm³/mol. The Balaban J connectivity index is 2.53. The maximum absolute atomic E-state index is 4.20. The van der Waals surface area contributed by atoms with Gasteiger partial charge in [0.15, 0.2) is 0 Å². The highest BCUT2D eigenvalue weighted by Crippen LogP contribution is 2.20. The molecule has 2 N–H and O–H groups in total. The summed E-state index contributed by atoms with van der Waals surface area (Å²) in [5, 5.41) is 6.52. The van der Waals surface area contributed by atoms with Crippen molar-refractivity contribution >= 4 is 24.3 Å². The first-order valence-electron chi connectivity index (χ1n) is 5.98. The Hall–Kier alpha value is -0.970. The standard InChI is InChI=1S/C12H22N4S/c1-4-12(2,3)8-14-11-7-10(13-5-6-17)15-9-16-11/h7,9,17H,4-6,8H2,1-3H3,(H2,13,14,15,16). The molecule has 0 aliphatic rings. The van der Waals surface area contributed by atoms with Gasteiger partial charge in [-0.25, -0.2) is 9.97 Å². The van der Waals surface area contributed by atoms with E-state index in [1.54, 1.807) is 6.33 Å². The number of aromatic nitrogens is 2. The van der Waals surface area contributed by atoms with E-state index >= 15 is 0 Å². The molecule has 1 aromatic rings. The maximum atomic E-state index is 4.20. The van der Waals surface area contributed by atoms with E-state index in [0.29, 0.717) is 0 Å². The Morgan fingerprint density at radius 2 is 1.88 bits per heavy atom. The molecule has 0 bridgehead atoms. The largest absolute Gasteiger partial charge is 0.369 e. The van der Waals surface area contributed by atoms with Crippen LogP contribution in [0.15, 0.2) is 12.4 Å². The van der Waals surface area contributed by atoms with Crippen LogP contribution in [-0.2, 0) is 0 Å². The maximum Gasteiger partial charge on any atom is 0.131 e. The number of hydrogen-bond donors (Lipinski definition) is 3. The van der Waals surface area contributed by atoms with Gasteiger partial charge in [-0.15, -0.1) is 0 Å². The highest BCUT2D eigenvalue weighted by molar-refractivity contribution is 7.80. The average molecular weight is 254 g/mol. The van der Waals surface area contributed by atoms with Gasteiger partial charge in [-0.1, -0.05) is 20.8 Å². The summed E-state index contributed by atoms with van der Waals surface area (Å²) in [5.74, 6) is 2.49. The van der Waals surface area contributed by atoms with Gasteiger partial charge in [0.25, 0.3) is 0 Å². The Kier molecular flexibility index (Phi) is 5.55. The lowest BCUT2D eigenvalue weighted by Crippen LogP contribution is -2.22. The molecule has 0 aromatic carbocycles. The van der Waals surface area contributed by atoms with Gasteiger partial charge in [0.1, 0.15) is 18.0 Å². The Morgan fingerprint density at radius 1 is 1.24 bits per heavy atom. The molecule has 5 heteroatoms. The monoisotopic (exact) mass is 254 g/mol. The van der Waals surface area contributed by atoms with Gasteiger partial charge in [-0.2, -0.15) is 12.6 Å². The first-order chi connectivity index (χ1) is 8.07. The lowest BCUT2D eigenvalue weighted by molar-refractivity contribution is 0.376. The molecule has 96 valence electrons. The zero-order valence-electron chi connectivity index (χ0n) is 10.8. The van der Waals surface area contributed by atoms with E-state index in [-0.39, 0.29) is 5.41 Å². The van der Waals surface area contributed by atoms with Crippen LogP contribution in [0.5, 0.6) is 0 Å². The molecule has 0 radical (unpaired) electrons. The highest BCUT2D eigenvalue weighted by Gasteiger charge is 2.14. The second-order valence-electron chi connectivity index (χ2n) is 4.81. The average Bonchev–Trinajstić information content (AvgIpc) is 2.35. The van der Waals surface area contributed by atoms with Crippen LogP contribution < -0.4 is 10.6 Å². The van der Waals surface area contributed by atoms with Gasteiger partial charge in [0.05, 0.1) is 0 Å². The molecule has 4 nitrogen and oxygen atoms in total. The number of thiol groups is 1. The SMILES string of the molecule is CCC(C)(C)CNc1cc(NCCS)ncn1. The fraction of sp³-hybridized carbons (Fsp3) is 0.667. The zero-order valence-corrected chi connectivity index (χ0v) is 11.7. The number of nitrogens with one attached hydrogen (secondary N) is 2. The molecule has 0 aliphatic carbocycles. The van der Waals surface area contributed by atoms with E-state index in [0.717, 1.165) is 36.9 Å². The summed E-state index contributed by atoms with van der Waals surface area (Å²) in [4.78, 5) is 8.35. The van der Waals surface area contributed by atoms with Crippen molar-refractivity contribution in [2.45, 2.75) is 27.2 Å². The van der Waals surface area contributed by atoms with Crippen molar-refractivity contribution < 1.29 is 0 Å². The molecule has 0 spiro atoms. The smallest absolute Gasteiger partial charge is 0.131 e. The summed E-state index contributed by atoms with van der Waals surface area (Å²) >= 11 is 4.15. The van der Waals surface area contributed by atoms with Crippen molar-refractivity contribution in [2.75, 3.05) is 29.5 Å². The third kappa shape index (κ3) is 5.26. The van der Waals surface area contributed by atoms with Crippen LogP contribution in [0.1, 0.15) is 27.2 Å². The van der Waals surface area contributed by atoms with Gasteiger partial charge < -0.3 is 10.6 Å². The molecule has 0 fully saturated rings. The van der Waals surface area contributed by atoms with Crippen LogP contribution in [0.3, 0.4) is 0 Å². The fourth-order valence-electron chi connectivity index (χ4n) is 1.19. The minimum absolute atomic E-state index is 0.281. The van der Waals surface area contributed by atoms with E-state index in [4.69, 9.17) is 0 Å². The highest BCUT2D eigenvalue weighted by atomic mass is 32.1. The Bertz CT molecular complexity index is 341. The minimum atomic E-state index is 0.281. The van der Waals surface area contributed by atoms with Gasteiger partial charge in [-0.3, -0.25) is 0 Å². The lowest BCUT2D eigenvalue weighted by atomic mass is 9.90. The summed E-state index contributed by atoms with van der Waals surface area (Å²) < 4.78 is 0. The molecule has 0 atom stereocenters. The number of anilines is 2. The van der Waals surface area contributed by atoms with Crippen LogP contribution in [0.2, 0.25) is 0 Å². The van der Waals surface area contributed by atoms with E-state index in [2.05, 4.69) is 54.0 Å². The quantitative estimate of drug-likeness (QED) is 0.655. The molecule has 0 amide bonds. The molecule has 1 heterocycles. The molecule has 1 aromatic heterocycles. The van der Waals surface area contributed by atoms with Crippen LogP contribution in [0, 0.1) is 5.41 Å². The molecular weight excluding hydrogens is 232 g/mol. The van der Waals surface area contributed by atoms with Gasteiger partial charge >= 0.3 is 0 Å². The minimum Gasteiger partial charge on any atom is -0.369 e. The van der Waals surface area contributed by atoms with Gasteiger partial charge in [-0.05, 0) is 11.8 Å². The van der Waals surface area contributed by atoms with Crippen molar-refractivity contribution in [3.05, 3.63) is 12.4 Å². The van der Waals surface area contributed by atoms with Crippen molar-refractivity contribution in [1.29, 1.82) is 0 Å². The molecular formula is C12H22N4S. The van der Waals surface area contributed by atoms with E-state index in [9.17, 15) is 0 Å². The molecule has 0 saturated heterocycles. The normalized spacial score (nSPS) is 11.3. The summed E-state index contributed by atoms with van der Waals surface area (Å²) in [7, 11) is 0. The van der Waals surface area contributed by atoms with Crippen LogP contribution in [-0.4, -0.2) is 28.8 Å². The lowest BCUT2D eigenvalue weighted by Gasteiger charge is -2.23. The van der Waals surface area contributed by atoms with Crippen molar-refractivity contribution in [1.82, 2.24) is 9.97 Å². The second kappa shape index (κ2) is 6.69. The topological polar surface area (TPSA) is 49.8 Å². The number of rotatable bonds is 7. The van der Waals surface area contributed by atoms with Gasteiger partial charge in [0, 0.05) is 24.9 Å². The molecule has 0 unspecified atom stereocenters. The summed E-state index contributed by atoms with van der Waals surface area (Å²) in [6, 6.07) is 1.93. The van der Waals surface area contributed by atoms with Crippen LogP contribution in [0.4, 0.5) is 11.6 Å². The van der Waals surface area contributed by atoms with Crippen molar-refractivity contribution in [3.8, 4) is 0 Å². The summed E-state index contributed by atoms with van der Waals surface area (Å²) in [5.41, 5.74) is 0.281. The second-order valence-corrected chi connectivity index (χ2v) is 5.26. The zero-order chi connectivity index (χ0) is 12.7. The van der Waals surface area contributed by atoms with Crippen LogP contribution >= 0.6 is 12.6 Å². The van der Waals surface area contributed by atoms with Crippen molar-refractivity contribution in [2.24, 2.45) is 5.41 Å². The first kappa shape index (κ1) is 14.1. The number of nitrogens with zero attached hydrogens (tertiary/aromatic N) is 2. The van der Waals surface area contributed by atoms with E-state index < -0.39 is 0 Å². The van der Waals surface area contributed by atoms with Gasteiger partial charge in [0.2, 0.25) is 0 Å². The first-order valence-corrected chi connectivity index (χ1v) is 6.61.